The molecule has 20 heavy (non-hydrogen) atoms. The second-order valence-electron chi connectivity index (χ2n) is 7.87. The molecule has 112 valence electrons. The third kappa shape index (κ3) is 2.07. The van der Waals surface area contributed by atoms with Gasteiger partial charge in [-0.25, -0.2) is 4.39 Å². The molecular weight excluding hydrogens is 255 g/mol. The molecule has 0 spiro atoms. The fraction of sp³-hybridized carbons (Fsp3) is 0.938. The zero-order valence-corrected chi connectivity index (χ0v) is 12.1. The van der Waals surface area contributed by atoms with Crippen LogP contribution in [0.1, 0.15) is 51.4 Å². The molecule has 0 aromatic heterocycles. The minimum absolute atomic E-state index is 0.0597. The Morgan fingerprint density at radius 3 is 2.00 bits per heavy atom. The van der Waals surface area contributed by atoms with Gasteiger partial charge in [0, 0.05) is 18.4 Å². The van der Waals surface area contributed by atoms with E-state index in [0.29, 0.717) is 25.9 Å². The van der Waals surface area contributed by atoms with Crippen LogP contribution in [0, 0.1) is 17.8 Å². The second kappa shape index (κ2) is 4.43. The quantitative estimate of drug-likeness (QED) is 0.814. The van der Waals surface area contributed by atoms with Crippen molar-refractivity contribution in [3.05, 3.63) is 0 Å². The van der Waals surface area contributed by atoms with Crippen molar-refractivity contribution in [2.24, 2.45) is 17.8 Å². The Bertz CT molecular complexity index is 381. The fourth-order valence-electron chi connectivity index (χ4n) is 5.67. The molecule has 0 aromatic carbocycles. The standard InChI is InChI=1S/C16H25FN2O/c17-16(1-3-18-4-2-16)14(20)19-15-8-11-5-12(9-15)7-13(6-11)10-15/h11-13,18H,1-10H2,(H,19,20). The third-order valence-electron chi connectivity index (χ3n) is 6.22. The first-order chi connectivity index (χ1) is 9.57. The summed E-state index contributed by atoms with van der Waals surface area (Å²) in [5.74, 6) is 2.03. The van der Waals surface area contributed by atoms with E-state index >= 15 is 0 Å². The van der Waals surface area contributed by atoms with Crippen LogP contribution in [-0.2, 0) is 4.79 Å². The Morgan fingerprint density at radius 1 is 1.00 bits per heavy atom. The van der Waals surface area contributed by atoms with Crippen LogP contribution in [0.2, 0.25) is 0 Å². The van der Waals surface area contributed by atoms with Crippen molar-refractivity contribution in [3.63, 3.8) is 0 Å². The van der Waals surface area contributed by atoms with Crippen LogP contribution in [-0.4, -0.2) is 30.2 Å². The smallest absolute Gasteiger partial charge is 0.258 e. The minimum atomic E-state index is -1.63. The molecule has 1 aliphatic heterocycles. The molecule has 3 nitrogen and oxygen atoms in total. The number of piperidine rings is 1. The average Bonchev–Trinajstić information content (AvgIpc) is 2.37. The number of amides is 1. The monoisotopic (exact) mass is 280 g/mol. The maximum atomic E-state index is 14.8. The van der Waals surface area contributed by atoms with Crippen molar-refractivity contribution in [1.82, 2.24) is 10.6 Å². The van der Waals surface area contributed by atoms with Gasteiger partial charge in [0.1, 0.15) is 0 Å². The van der Waals surface area contributed by atoms with Crippen LogP contribution < -0.4 is 10.6 Å². The van der Waals surface area contributed by atoms with Crippen LogP contribution in [0.4, 0.5) is 4.39 Å². The summed E-state index contributed by atoms with van der Waals surface area (Å²) < 4.78 is 14.8. The molecule has 1 amide bonds. The van der Waals surface area contributed by atoms with E-state index in [0.717, 1.165) is 37.0 Å². The van der Waals surface area contributed by atoms with Gasteiger partial charge in [-0.1, -0.05) is 0 Å². The van der Waals surface area contributed by atoms with Gasteiger partial charge in [-0.3, -0.25) is 4.79 Å². The fourth-order valence-corrected chi connectivity index (χ4v) is 5.67. The summed E-state index contributed by atoms with van der Waals surface area (Å²) in [6.45, 7) is 1.23. The summed E-state index contributed by atoms with van der Waals surface area (Å²) in [6.07, 6.45) is 7.98. The Hall–Kier alpha value is -0.640. The molecule has 5 aliphatic rings. The maximum absolute atomic E-state index is 14.8. The third-order valence-corrected chi connectivity index (χ3v) is 6.22. The molecule has 0 aromatic rings. The van der Waals surface area contributed by atoms with Crippen molar-refractivity contribution in [1.29, 1.82) is 0 Å². The number of nitrogens with one attached hydrogen (secondary N) is 2. The van der Waals surface area contributed by atoms with Crippen LogP contribution >= 0.6 is 0 Å². The van der Waals surface area contributed by atoms with Gasteiger partial charge in [0.2, 0.25) is 0 Å². The van der Waals surface area contributed by atoms with Gasteiger partial charge in [0.15, 0.2) is 5.67 Å². The first-order valence-corrected chi connectivity index (χ1v) is 8.29. The van der Waals surface area contributed by atoms with Crippen LogP contribution in [0.5, 0.6) is 0 Å². The SMILES string of the molecule is O=C(NC12CC3CC(CC(C3)C1)C2)C1(F)CCNCC1. The highest BCUT2D eigenvalue weighted by atomic mass is 19.1. The van der Waals surface area contributed by atoms with Gasteiger partial charge in [0.25, 0.3) is 5.91 Å². The Morgan fingerprint density at radius 2 is 1.50 bits per heavy atom. The molecule has 4 bridgehead atoms. The second-order valence-corrected chi connectivity index (χ2v) is 7.87. The van der Waals surface area contributed by atoms with Gasteiger partial charge >= 0.3 is 0 Å². The molecule has 2 N–H and O–H groups in total. The van der Waals surface area contributed by atoms with Crippen molar-refractivity contribution < 1.29 is 9.18 Å². The number of carbonyl (C=O) groups excluding carboxylic acids is 1. The highest BCUT2D eigenvalue weighted by Crippen LogP contribution is 2.55. The van der Waals surface area contributed by atoms with Gasteiger partial charge < -0.3 is 10.6 Å². The van der Waals surface area contributed by atoms with Gasteiger partial charge in [0.05, 0.1) is 0 Å². The maximum Gasteiger partial charge on any atom is 0.258 e. The number of rotatable bonds is 2. The predicted octanol–water partition coefficient (Wildman–Crippen LogP) is 2.16. The number of hydrogen-bond acceptors (Lipinski definition) is 2. The zero-order chi connectivity index (χ0) is 13.8. The van der Waals surface area contributed by atoms with Crippen molar-refractivity contribution in [2.75, 3.05) is 13.1 Å². The van der Waals surface area contributed by atoms with E-state index < -0.39 is 5.67 Å². The van der Waals surface area contributed by atoms with Gasteiger partial charge in [-0.2, -0.15) is 0 Å². The topological polar surface area (TPSA) is 41.1 Å². The van der Waals surface area contributed by atoms with Crippen molar-refractivity contribution >= 4 is 5.91 Å². The van der Waals surface area contributed by atoms with Crippen molar-refractivity contribution in [2.45, 2.75) is 62.6 Å². The minimum Gasteiger partial charge on any atom is -0.348 e. The van der Waals surface area contributed by atoms with E-state index in [2.05, 4.69) is 10.6 Å². The van der Waals surface area contributed by atoms with E-state index in [1.54, 1.807) is 0 Å². The molecule has 0 radical (unpaired) electrons. The van der Waals surface area contributed by atoms with Crippen LogP contribution in [0.15, 0.2) is 0 Å². The summed E-state index contributed by atoms with van der Waals surface area (Å²) in [5.41, 5.74) is -1.69. The number of halogens is 1. The first kappa shape index (κ1) is 13.1. The molecular formula is C16H25FN2O. The number of carbonyl (C=O) groups is 1. The lowest BCUT2D eigenvalue weighted by atomic mass is 9.53. The lowest BCUT2D eigenvalue weighted by Gasteiger charge is -2.57. The lowest BCUT2D eigenvalue weighted by molar-refractivity contribution is -0.140. The Kier molecular flexibility index (Phi) is 2.89. The van der Waals surface area contributed by atoms with Crippen LogP contribution in [0.3, 0.4) is 0 Å². The zero-order valence-electron chi connectivity index (χ0n) is 12.1. The molecule has 0 unspecified atom stereocenters. The summed E-state index contributed by atoms with van der Waals surface area (Å²) in [4.78, 5) is 12.5. The summed E-state index contributed by atoms with van der Waals surface area (Å²) in [5, 5.41) is 6.33. The first-order valence-electron chi connectivity index (χ1n) is 8.29. The predicted molar refractivity (Wildman–Crippen MR) is 75.0 cm³/mol. The summed E-state index contributed by atoms with van der Waals surface area (Å²) in [6, 6.07) is 0. The van der Waals surface area contributed by atoms with Gasteiger partial charge in [-0.15, -0.1) is 0 Å². The van der Waals surface area contributed by atoms with Crippen molar-refractivity contribution in [3.8, 4) is 0 Å². The molecule has 5 fully saturated rings. The molecule has 4 saturated carbocycles. The average molecular weight is 280 g/mol. The summed E-state index contributed by atoms with van der Waals surface area (Å²) >= 11 is 0. The largest absolute Gasteiger partial charge is 0.348 e. The van der Waals surface area contributed by atoms with E-state index in [9.17, 15) is 9.18 Å². The van der Waals surface area contributed by atoms with Crippen LogP contribution in [0.25, 0.3) is 0 Å². The lowest BCUT2D eigenvalue weighted by Crippen LogP contribution is -2.63. The Labute approximate surface area is 120 Å². The normalized spacial score (nSPS) is 45.4. The van der Waals surface area contributed by atoms with Gasteiger partial charge in [-0.05, 0) is 69.4 Å². The molecule has 1 saturated heterocycles. The molecule has 0 atom stereocenters. The molecule has 1 heterocycles. The molecule has 4 heteroatoms. The highest BCUT2D eigenvalue weighted by molar-refractivity contribution is 5.86. The number of hydrogen-bond donors (Lipinski definition) is 2. The highest BCUT2D eigenvalue weighted by Gasteiger charge is 2.53. The number of alkyl halides is 1. The van der Waals surface area contributed by atoms with E-state index in [1.807, 2.05) is 0 Å². The Balaban J connectivity index is 1.49. The van der Waals surface area contributed by atoms with E-state index in [4.69, 9.17) is 0 Å². The van der Waals surface area contributed by atoms with E-state index in [1.165, 1.54) is 19.3 Å². The molecule has 4 aliphatic carbocycles. The van der Waals surface area contributed by atoms with E-state index in [-0.39, 0.29) is 11.4 Å². The summed E-state index contributed by atoms with van der Waals surface area (Å²) in [7, 11) is 0. The molecule has 5 rings (SSSR count).